The second-order valence-corrected chi connectivity index (χ2v) is 8.86. The topological polar surface area (TPSA) is 76.0 Å². The van der Waals surface area contributed by atoms with Crippen LogP contribution in [0, 0.1) is 29.6 Å². The molecule has 1 saturated heterocycles. The lowest BCUT2D eigenvalue weighted by Crippen LogP contribution is -2.30. The van der Waals surface area contributed by atoms with E-state index in [2.05, 4.69) is 37.0 Å². The van der Waals surface area contributed by atoms with E-state index in [0.717, 1.165) is 58.0 Å². The van der Waals surface area contributed by atoms with E-state index in [0.29, 0.717) is 12.3 Å². The highest BCUT2D eigenvalue weighted by atomic mass is 16.7. The SMILES string of the molecule is CC#CCC(C)[C@@H](/C=C/[C@H]1CC[C@H](O)[C@@H]1C/C=C\CCCC(=O)O)OC1CCCCO1. The number of carboxylic acid groups (broad SMARTS) is 1. The van der Waals surface area contributed by atoms with Crippen molar-refractivity contribution in [2.75, 3.05) is 6.61 Å². The number of carbonyl (C=O) groups is 1. The predicted molar refractivity (Wildman–Crippen MR) is 122 cm³/mol. The van der Waals surface area contributed by atoms with Crippen LogP contribution in [0.5, 0.6) is 0 Å². The highest BCUT2D eigenvalue weighted by Gasteiger charge is 2.33. The minimum Gasteiger partial charge on any atom is -0.481 e. The van der Waals surface area contributed by atoms with Crippen molar-refractivity contribution in [1.29, 1.82) is 0 Å². The molecule has 31 heavy (non-hydrogen) atoms. The van der Waals surface area contributed by atoms with Crippen LogP contribution in [0.4, 0.5) is 0 Å². The van der Waals surface area contributed by atoms with E-state index in [1.807, 2.05) is 13.0 Å². The lowest BCUT2D eigenvalue weighted by Gasteiger charge is -2.29. The normalized spacial score (nSPS) is 28.5. The molecule has 2 aliphatic rings. The van der Waals surface area contributed by atoms with E-state index in [1.165, 1.54) is 0 Å². The van der Waals surface area contributed by atoms with Crippen molar-refractivity contribution in [3.8, 4) is 11.8 Å². The summed E-state index contributed by atoms with van der Waals surface area (Å²) in [6.07, 6.45) is 16.3. The molecular formula is C26H40O5. The molecular weight excluding hydrogens is 392 g/mol. The summed E-state index contributed by atoms with van der Waals surface area (Å²) in [6, 6.07) is 0. The molecule has 2 rings (SSSR count). The summed E-state index contributed by atoms with van der Waals surface area (Å²) >= 11 is 0. The number of aliphatic carboxylic acids is 1. The molecule has 0 bridgehead atoms. The van der Waals surface area contributed by atoms with Crippen LogP contribution in [-0.4, -0.2) is 41.3 Å². The summed E-state index contributed by atoms with van der Waals surface area (Å²) in [6.45, 7) is 4.80. The smallest absolute Gasteiger partial charge is 0.303 e. The van der Waals surface area contributed by atoms with Crippen molar-refractivity contribution >= 4 is 5.97 Å². The molecule has 5 nitrogen and oxygen atoms in total. The fourth-order valence-corrected chi connectivity index (χ4v) is 4.38. The Morgan fingerprint density at radius 3 is 2.81 bits per heavy atom. The monoisotopic (exact) mass is 432 g/mol. The van der Waals surface area contributed by atoms with E-state index in [-0.39, 0.29) is 36.8 Å². The molecule has 2 unspecified atom stereocenters. The van der Waals surface area contributed by atoms with E-state index in [1.54, 1.807) is 0 Å². The van der Waals surface area contributed by atoms with E-state index in [4.69, 9.17) is 14.6 Å². The molecule has 0 aromatic carbocycles. The first kappa shape index (κ1) is 25.6. The minimum absolute atomic E-state index is 0.0473. The molecule has 6 atom stereocenters. The number of carboxylic acids is 1. The van der Waals surface area contributed by atoms with Crippen molar-refractivity contribution < 1.29 is 24.5 Å². The zero-order valence-electron chi connectivity index (χ0n) is 19.2. The molecule has 1 heterocycles. The van der Waals surface area contributed by atoms with E-state index >= 15 is 0 Å². The van der Waals surface area contributed by atoms with Crippen LogP contribution in [0.2, 0.25) is 0 Å². The molecule has 0 aromatic rings. The molecule has 1 aliphatic carbocycles. The maximum atomic E-state index is 10.6. The van der Waals surface area contributed by atoms with Gasteiger partial charge in [0.05, 0.1) is 12.2 Å². The fourth-order valence-electron chi connectivity index (χ4n) is 4.38. The maximum absolute atomic E-state index is 10.6. The molecule has 0 radical (unpaired) electrons. The quantitative estimate of drug-likeness (QED) is 0.255. The van der Waals surface area contributed by atoms with Crippen molar-refractivity contribution in [1.82, 2.24) is 0 Å². The van der Waals surface area contributed by atoms with Gasteiger partial charge >= 0.3 is 5.97 Å². The predicted octanol–water partition coefficient (Wildman–Crippen LogP) is 5.09. The molecule has 1 aliphatic heterocycles. The lowest BCUT2D eigenvalue weighted by molar-refractivity contribution is -0.186. The van der Waals surface area contributed by atoms with Crippen molar-refractivity contribution in [3.63, 3.8) is 0 Å². The number of hydrogen-bond acceptors (Lipinski definition) is 4. The number of rotatable bonds is 12. The molecule has 0 amide bonds. The molecule has 0 spiro atoms. The number of hydrogen-bond donors (Lipinski definition) is 2. The molecule has 5 heteroatoms. The van der Waals surface area contributed by atoms with Gasteiger partial charge in [0.25, 0.3) is 0 Å². The van der Waals surface area contributed by atoms with Gasteiger partial charge in [-0.2, -0.15) is 0 Å². The van der Waals surface area contributed by atoms with Crippen LogP contribution in [0.1, 0.15) is 78.1 Å². The fraction of sp³-hybridized carbons (Fsp3) is 0.731. The first-order valence-electron chi connectivity index (χ1n) is 11.9. The summed E-state index contributed by atoms with van der Waals surface area (Å²) in [5, 5.41) is 19.2. The largest absolute Gasteiger partial charge is 0.481 e. The number of unbranched alkanes of at least 4 members (excludes halogenated alkanes) is 1. The Morgan fingerprint density at radius 1 is 1.26 bits per heavy atom. The van der Waals surface area contributed by atoms with Gasteiger partial charge in [-0.3, -0.25) is 4.79 Å². The van der Waals surface area contributed by atoms with Gasteiger partial charge in [-0.1, -0.05) is 31.2 Å². The Hall–Kier alpha value is -1.61. The average molecular weight is 433 g/mol. The number of aliphatic hydroxyl groups is 1. The van der Waals surface area contributed by atoms with Crippen LogP contribution in [-0.2, 0) is 14.3 Å². The van der Waals surface area contributed by atoms with Crippen LogP contribution in [0.25, 0.3) is 0 Å². The summed E-state index contributed by atoms with van der Waals surface area (Å²) in [7, 11) is 0. The maximum Gasteiger partial charge on any atom is 0.303 e. The summed E-state index contributed by atoms with van der Waals surface area (Å²) < 4.78 is 12.1. The highest BCUT2D eigenvalue weighted by Crippen LogP contribution is 2.36. The van der Waals surface area contributed by atoms with Crippen molar-refractivity contribution in [2.24, 2.45) is 17.8 Å². The Morgan fingerprint density at radius 2 is 2.10 bits per heavy atom. The summed E-state index contributed by atoms with van der Waals surface area (Å²) in [5.74, 6) is 6.19. The van der Waals surface area contributed by atoms with Gasteiger partial charge in [0.15, 0.2) is 6.29 Å². The standard InChI is InChI=1S/C26H40O5/c1-3-4-11-20(2)24(31-26-14-9-10-19-30-26)18-16-21-15-17-23(27)22(21)12-7-5-6-8-13-25(28)29/h5,7,16,18,20-24,26-27H,6,8-15,17,19H2,1-2H3,(H,28,29)/b7-5-,18-16+/t20?,21-,22-,23+,24-,26?/m1/s1. The molecule has 0 aromatic heterocycles. The molecule has 1 saturated carbocycles. The molecule has 174 valence electrons. The number of ether oxygens (including phenoxy) is 2. The third-order valence-corrected chi connectivity index (χ3v) is 6.33. The van der Waals surface area contributed by atoms with Crippen LogP contribution in [0.15, 0.2) is 24.3 Å². The Bertz CT molecular complexity index is 638. The van der Waals surface area contributed by atoms with Gasteiger partial charge in [-0.05, 0) is 76.0 Å². The van der Waals surface area contributed by atoms with E-state index < -0.39 is 5.97 Å². The Labute approximate surface area is 187 Å². The Kier molecular flexibility index (Phi) is 12.0. The second kappa shape index (κ2) is 14.5. The Balaban J connectivity index is 1.94. The van der Waals surface area contributed by atoms with Crippen LogP contribution < -0.4 is 0 Å². The first-order chi connectivity index (χ1) is 15.0. The number of allylic oxidation sites excluding steroid dienone is 3. The minimum atomic E-state index is -0.751. The molecule has 2 fully saturated rings. The summed E-state index contributed by atoms with van der Waals surface area (Å²) in [4.78, 5) is 10.6. The third kappa shape index (κ3) is 9.60. The molecule has 2 N–H and O–H groups in total. The zero-order chi connectivity index (χ0) is 22.5. The first-order valence-corrected chi connectivity index (χ1v) is 11.9. The van der Waals surface area contributed by atoms with Crippen LogP contribution in [0.3, 0.4) is 0 Å². The van der Waals surface area contributed by atoms with Gasteiger partial charge in [0.1, 0.15) is 0 Å². The van der Waals surface area contributed by atoms with Crippen molar-refractivity contribution in [3.05, 3.63) is 24.3 Å². The van der Waals surface area contributed by atoms with Gasteiger partial charge in [0.2, 0.25) is 0 Å². The van der Waals surface area contributed by atoms with Crippen molar-refractivity contribution in [2.45, 2.75) is 96.6 Å². The summed E-state index contributed by atoms with van der Waals surface area (Å²) in [5.41, 5.74) is 0. The van der Waals surface area contributed by atoms with Gasteiger partial charge < -0.3 is 19.7 Å². The average Bonchev–Trinajstić information content (AvgIpc) is 3.11. The van der Waals surface area contributed by atoms with Crippen LogP contribution >= 0.6 is 0 Å². The van der Waals surface area contributed by atoms with Gasteiger partial charge in [0, 0.05) is 19.4 Å². The number of aliphatic hydroxyl groups excluding tert-OH is 1. The third-order valence-electron chi connectivity index (χ3n) is 6.33. The second-order valence-electron chi connectivity index (χ2n) is 8.86. The van der Waals surface area contributed by atoms with Gasteiger partial charge in [-0.25, -0.2) is 0 Å². The highest BCUT2D eigenvalue weighted by molar-refractivity contribution is 5.66. The lowest BCUT2D eigenvalue weighted by atomic mass is 9.89. The van der Waals surface area contributed by atoms with Gasteiger partial charge in [-0.15, -0.1) is 11.8 Å². The van der Waals surface area contributed by atoms with E-state index in [9.17, 15) is 9.90 Å². The zero-order valence-corrected chi connectivity index (χ0v) is 19.2.